The summed E-state index contributed by atoms with van der Waals surface area (Å²) in [6, 6.07) is 1.54. The third kappa shape index (κ3) is 1.22. The summed E-state index contributed by atoms with van der Waals surface area (Å²) in [5.41, 5.74) is 1.34. The van der Waals surface area contributed by atoms with E-state index in [1.165, 1.54) is 17.8 Å². The summed E-state index contributed by atoms with van der Waals surface area (Å²) in [7, 11) is 2.92. The third-order valence-corrected chi connectivity index (χ3v) is 2.49. The van der Waals surface area contributed by atoms with Gasteiger partial charge in [0.15, 0.2) is 5.82 Å². The SMILES string of the molecule is Cn1c(=O)c2c(NO)nccc2n(C)c1=O. The number of aromatic nitrogens is 3. The molecule has 0 radical (unpaired) electrons. The van der Waals surface area contributed by atoms with Crippen molar-refractivity contribution in [2.75, 3.05) is 5.48 Å². The van der Waals surface area contributed by atoms with Gasteiger partial charge in [-0.2, -0.15) is 0 Å². The Kier molecular flexibility index (Phi) is 2.24. The van der Waals surface area contributed by atoms with E-state index in [4.69, 9.17) is 5.21 Å². The highest BCUT2D eigenvalue weighted by molar-refractivity contribution is 5.87. The minimum absolute atomic E-state index is 0.0358. The van der Waals surface area contributed by atoms with E-state index in [1.54, 1.807) is 13.1 Å². The molecule has 2 rings (SSSR count). The number of aryl methyl sites for hydroxylation is 1. The first-order valence-corrected chi connectivity index (χ1v) is 4.52. The monoisotopic (exact) mass is 222 g/mol. The van der Waals surface area contributed by atoms with Crippen LogP contribution in [0.5, 0.6) is 0 Å². The lowest BCUT2D eigenvalue weighted by Crippen LogP contribution is -2.37. The molecule has 7 nitrogen and oxygen atoms in total. The van der Waals surface area contributed by atoms with Crippen molar-refractivity contribution >= 4 is 16.7 Å². The zero-order chi connectivity index (χ0) is 11.9. The second-order valence-corrected chi connectivity index (χ2v) is 3.37. The zero-order valence-electron chi connectivity index (χ0n) is 8.76. The van der Waals surface area contributed by atoms with Gasteiger partial charge in [0.2, 0.25) is 0 Å². The fraction of sp³-hybridized carbons (Fsp3) is 0.222. The van der Waals surface area contributed by atoms with E-state index in [0.717, 1.165) is 4.57 Å². The van der Waals surface area contributed by atoms with Crippen LogP contribution in [0.4, 0.5) is 5.82 Å². The van der Waals surface area contributed by atoms with Crippen molar-refractivity contribution in [1.82, 2.24) is 14.1 Å². The van der Waals surface area contributed by atoms with E-state index in [1.807, 2.05) is 5.48 Å². The van der Waals surface area contributed by atoms with Crippen LogP contribution in [0.3, 0.4) is 0 Å². The topological polar surface area (TPSA) is 89.2 Å². The molecule has 7 heteroatoms. The molecule has 2 aromatic heterocycles. The van der Waals surface area contributed by atoms with E-state index in [9.17, 15) is 9.59 Å². The molecule has 0 atom stereocenters. The van der Waals surface area contributed by atoms with Crippen LogP contribution in [0.2, 0.25) is 0 Å². The van der Waals surface area contributed by atoms with Crippen molar-refractivity contribution in [2.45, 2.75) is 0 Å². The fourth-order valence-electron chi connectivity index (χ4n) is 1.61. The molecule has 0 saturated heterocycles. The Hall–Kier alpha value is -2.15. The van der Waals surface area contributed by atoms with Crippen molar-refractivity contribution in [3.05, 3.63) is 33.1 Å². The number of anilines is 1. The molecular weight excluding hydrogens is 212 g/mol. The van der Waals surface area contributed by atoms with Gasteiger partial charge in [0.25, 0.3) is 5.56 Å². The Morgan fingerprint density at radius 3 is 2.62 bits per heavy atom. The van der Waals surface area contributed by atoms with Gasteiger partial charge in [-0.15, -0.1) is 0 Å². The Morgan fingerprint density at radius 2 is 2.00 bits per heavy atom. The van der Waals surface area contributed by atoms with Gasteiger partial charge in [-0.05, 0) is 6.07 Å². The van der Waals surface area contributed by atoms with Gasteiger partial charge in [0, 0.05) is 20.3 Å². The first-order chi connectivity index (χ1) is 7.57. The Labute approximate surface area is 89.5 Å². The van der Waals surface area contributed by atoms with Crippen LogP contribution < -0.4 is 16.7 Å². The fourth-order valence-corrected chi connectivity index (χ4v) is 1.61. The standard InChI is InChI=1S/C9H10N4O3/c1-12-5-3-4-10-7(11-16)6(5)8(14)13(2)9(12)15/h3-4,16H,1-2H3,(H,10,11). The van der Waals surface area contributed by atoms with E-state index in [2.05, 4.69) is 4.98 Å². The first kappa shape index (κ1) is 10.4. The Balaban J connectivity index is 3.15. The summed E-state index contributed by atoms with van der Waals surface area (Å²) in [4.78, 5) is 27.3. The number of hydrogen-bond acceptors (Lipinski definition) is 5. The molecule has 0 fully saturated rings. The second-order valence-electron chi connectivity index (χ2n) is 3.37. The van der Waals surface area contributed by atoms with Crippen LogP contribution in [-0.4, -0.2) is 19.3 Å². The van der Waals surface area contributed by atoms with Gasteiger partial charge in [-0.25, -0.2) is 9.78 Å². The number of rotatable bonds is 1. The van der Waals surface area contributed by atoms with Gasteiger partial charge in [-0.3, -0.25) is 24.6 Å². The van der Waals surface area contributed by atoms with Crippen molar-refractivity contribution in [3.63, 3.8) is 0 Å². The Morgan fingerprint density at radius 1 is 1.31 bits per heavy atom. The van der Waals surface area contributed by atoms with Crippen molar-refractivity contribution < 1.29 is 5.21 Å². The van der Waals surface area contributed by atoms with Gasteiger partial charge < -0.3 is 0 Å². The van der Waals surface area contributed by atoms with Crippen LogP contribution in [-0.2, 0) is 14.1 Å². The van der Waals surface area contributed by atoms with Crippen molar-refractivity contribution in [1.29, 1.82) is 0 Å². The molecular formula is C9H10N4O3. The summed E-state index contributed by atoms with van der Waals surface area (Å²) >= 11 is 0. The molecule has 2 N–H and O–H groups in total. The van der Waals surface area contributed by atoms with Gasteiger partial charge in [0.05, 0.1) is 5.52 Å². The van der Waals surface area contributed by atoms with Crippen LogP contribution in [0, 0.1) is 0 Å². The highest BCUT2D eigenvalue weighted by atomic mass is 16.5. The molecule has 0 aromatic carbocycles. The van der Waals surface area contributed by atoms with Crippen LogP contribution in [0.25, 0.3) is 10.9 Å². The summed E-state index contributed by atoms with van der Waals surface area (Å²) in [6.07, 6.45) is 1.40. The lowest BCUT2D eigenvalue weighted by atomic mass is 10.3. The number of fused-ring (bicyclic) bond motifs is 1. The Bertz CT molecular complexity index is 671. The maximum atomic E-state index is 11.8. The minimum atomic E-state index is -0.497. The van der Waals surface area contributed by atoms with E-state index >= 15 is 0 Å². The maximum Gasteiger partial charge on any atom is 0.330 e. The number of nitrogens with one attached hydrogen (secondary N) is 1. The lowest BCUT2D eigenvalue weighted by Gasteiger charge is -2.08. The minimum Gasteiger partial charge on any atom is -0.296 e. The van der Waals surface area contributed by atoms with Gasteiger partial charge in [-0.1, -0.05) is 0 Å². The lowest BCUT2D eigenvalue weighted by molar-refractivity contribution is 0.387. The number of hydrogen-bond donors (Lipinski definition) is 2. The molecule has 0 spiro atoms. The van der Waals surface area contributed by atoms with E-state index in [0.29, 0.717) is 5.52 Å². The second kappa shape index (κ2) is 3.46. The zero-order valence-corrected chi connectivity index (χ0v) is 8.76. The summed E-state index contributed by atoms with van der Waals surface area (Å²) in [5, 5.41) is 9.04. The smallest absolute Gasteiger partial charge is 0.296 e. The predicted octanol–water partition coefficient (Wildman–Crippen LogP) is -0.567. The third-order valence-electron chi connectivity index (χ3n) is 2.49. The average Bonchev–Trinajstić information content (AvgIpc) is 2.32. The van der Waals surface area contributed by atoms with E-state index in [-0.39, 0.29) is 11.2 Å². The summed E-state index contributed by atoms with van der Waals surface area (Å²) in [6.45, 7) is 0. The summed E-state index contributed by atoms with van der Waals surface area (Å²) < 4.78 is 2.28. The van der Waals surface area contributed by atoms with Gasteiger partial charge in [0.1, 0.15) is 5.39 Å². The average molecular weight is 222 g/mol. The normalized spacial score (nSPS) is 10.7. The number of nitrogens with zero attached hydrogens (tertiary/aromatic N) is 3. The van der Waals surface area contributed by atoms with Crippen LogP contribution in [0.1, 0.15) is 0 Å². The van der Waals surface area contributed by atoms with Crippen molar-refractivity contribution in [3.8, 4) is 0 Å². The molecule has 0 aliphatic carbocycles. The largest absolute Gasteiger partial charge is 0.330 e. The molecule has 2 aromatic rings. The van der Waals surface area contributed by atoms with E-state index < -0.39 is 11.2 Å². The highest BCUT2D eigenvalue weighted by Crippen LogP contribution is 2.13. The predicted molar refractivity (Wildman–Crippen MR) is 57.6 cm³/mol. The molecule has 0 amide bonds. The first-order valence-electron chi connectivity index (χ1n) is 4.52. The highest BCUT2D eigenvalue weighted by Gasteiger charge is 2.12. The van der Waals surface area contributed by atoms with Crippen LogP contribution >= 0.6 is 0 Å². The van der Waals surface area contributed by atoms with Gasteiger partial charge >= 0.3 is 5.69 Å². The molecule has 0 bridgehead atoms. The maximum absolute atomic E-state index is 11.8. The quantitative estimate of drug-likeness (QED) is 0.631. The molecule has 84 valence electrons. The summed E-state index contributed by atoms with van der Waals surface area (Å²) in [5.74, 6) is 0.0358. The molecule has 0 aliphatic rings. The molecule has 16 heavy (non-hydrogen) atoms. The number of pyridine rings is 1. The molecule has 0 unspecified atom stereocenters. The molecule has 0 aliphatic heterocycles. The van der Waals surface area contributed by atoms with Crippen LogP contribution in [0.15, 0.2) is 21.9 Å². The molecule has 0 saturated carbocycles. The van der Waals surface area contributed by atoms with Crippen molar-refractivity contribution in [2.24, 2.45) is 14.1 Å². The molecule has 2 heterocycles.